The molecule has 1 aromatic carbocycles. The SMILES string of the molecule is O=C(NCC1(C(=O)O)CCCC1)c1cc(Cl)ccc1O. The number of carboxylic acids is 1. The number of carbonyl (C=O) groups excluding carboxylic acids is 1. The van der Waals surface area contributed by atoms with Crippen LogP contribution in [0.2, 0.25) is 5.02 Å². The third-order valence-electron chi connectivity index (χ3n) is 3.80. The van der Waals surface area contributed by atoms with E-state index in [1.54, 1.807) is 0 Å². The van der Waals surface area contributed by atoms with Crippen molar-refractivity contribution in [1.82, 2.24) is 5.32 Å². The Kier molecular flexibility index (Phi) is 4.18. The van der Waals surface area contributed by atoms with Crippen LogP contribution in [0.5, 0.6) is 5.75 Å². The maximum absolute atomic E-state index is 12.0. The molecule has 0 aromatic heterocycles. The summed E-state index contributed by atoms with van der Waals surface area (Å²) in [5.41, 5.74) is -0.833. The zero-order valence-corrected chi connectivity index (χ0v) is 11.6. The predicted molar refractivity (Wildman–Crippen MR) is 74.0 cm³/mol. The Balaban J connectivity index is 2.08. The summed E-state index contributed by atoms with van der Waals surface area (Å²) in [7, 11) is 0. The second-order valence-corrected chi connectivity index (χ2v) is 5.57. The minimum Gasteiger partial charge on any atom is -0.507 e. The van der Waals surface area contributed by atoms with Crippen LogP contribution in [0.15, 0.2) is 18.2 Å². The number of phenols is 1. The normalized spacial score (nSPS) is 16.9. The van der Waals surface area contributed by atoms with Gasteiger partial charge in [-0.2, -0.15) is 0 Å². The van der Waals surface area contributed by atoms with Gasteiger partial charge < -0.3 is 15.5 Å². The van der Waals surface area contributed by atoms with Gasteiger partial charge in [-0.15, -0.1) is 0 Å². The molecule has 1 amide bonds. The standard InChI is InChI=1S/C14H16ClNO4/c15-9-3-4-11(17)10(7-9)12(18)16-8-14(13(19)20)5-1-2-6-14/h3-4,7,17H,1-2,5-6,8H2,(H,16,18)(H,19,20). The van der Waals surface area contributed by atoms with Crippen molar-refractivity contribution in [3.8, 4) is 5.75 Å². The smallest absolute Gasteiger partial charge is 0.311 e. The number of nitrogens with one attached hydrogen (secondary N) is 1. The van der Waals surface area contributed by atoms with Gasteiger partial charge in [-0.05, 0) is 31.0 Å². The van der Waals surface area contributed by atoms with E-state index in [-0.39, 0.29) is 17.9 Å². The summed E-state index contributed by atoms with van der Waals surface area (Å²) in [6.07, 6.45) is 2.82. The molecule has 1 aliphatic carbocycles. The molecule has 0 heterocycles. The van der Waals surface area contributed by atoms with Gasteiger partial charge in [0.05, 0.1) is 11.0 Å². The molecule has 0 atom stereocenters. The topological polar surface area (TPSA) is 86.6 Å². The van der Waals surface area contributed by atoms with Gasteiger partial charge in [0.25, 0.3) is 5.91 Å². The fourth-order valence-corrected chi connectivity index (χ4v) is 2.72. The number of hydrogen-bond donors (Lipinski definition) is 3. The van der Waals surface area contributed by atoms with Crippen LogP contribution in [-0.2, 0) is 4.79 Å². The van der Waals surface area contributed by atoms with E-state index >= 15 is 0 Å². The molecule has 108 valence electrons. The molecule has 1 saturated carbocycles. The molecule has 1 aromatic rings. The maximum Gasteiger partial charge on any atom is 0.311 e. The quantitative estimate of drug-likeness (QED) is 0.796. The summed E-state index contributed by atoms with van der Waals surface area (Å²) in [5.74, 6) is -1.58. The molecule has 0 bridgehead atoms. The van der Waals surface area contributed by atoms with Gasteiger partial charge in [0.2, 0.25) is 0 Å². The maximum atomic E-state index is 12.0. The third-order valence-corrected chi connectivity index (χ3v) is 4.04. The Morgan fingerprint density at radius 1 is 1.30 bits per heavy atom. The molecule has 2 rings (SSSR count). The lowest BCUT2D eigenvalue weighted by Gasteiger charge is -2.24. The van der Waals surface area contributed by atoms with E-state index in [2.05, 4.69) is 5.32 Å². The van der Waals surface area contributed by atoms with Crippen LogP contribution in [-0.4, -0.2) is 28.6 Å². The van der Waals surface area contributed by atoms with Gasteiger partial charge in [0.1, 0.15) is 5.75 Å². The van der Waals surface area contributed by atoms with E-state index in [0.717, 1.165) is 12.8 Å². The number of phenolic OH excluding ortho intramolecular Hbond substituents is 1. The van der Waals surface area contributed by atoms with Crippen LogP contribution in [0.3, 0.4) is 0 Å². The monoisotopic (exact) mass is 297 g/mol. The molecule has 0 aliphatic heterocycles. The minimum absolute atomic E-state index is 0.0519. The van der Waals surface area contributed by atoms with Crippen LogP contribution in [0.1, 0.15) is 36.0 Å². The van der Waals surface area contributed by atoms with Crippen LogP contribution in [0.4, 0.5) is 0 Å². The Hall–Kier alpha value is -1.75. The minimum atomic E-state index is -0.885. The van der Waals surface area contributed by atoms with Crippen molar-refractivity contribution >= 4 is 23.5 Å². The summed E-state index contributed by atoms with van der Waals surface area (Å²) >= 11 is 5.78. The van der Waals surface area contributed by atoms with Crippen LogP contribution >= 0.6 is 11.6 Å². The molecule has 0 saturated heterocycles. The van der Waals surface area contributed by atoms with Crippen LogP contribution in [0, 0.1) is 5.41 Å². The molecule has 0 unspecified atom stereocenters. The highest BCUT2D eigenvalue weighted by atomic mass is 35.5. The molecule has 6 heteroatoms. The number of benzene rings is 1. The lowest BCUT2D eigenvalue weighted by molar-refractivity contribution is -0.148. The Labute approximate surface area is 121 Å². The number of carboxylic acid groups (broad SMARTS) is 1. The zero-order chi connectivity index (χ0) is 14.8. The van der Waals surface area contributed by atoms with Gasteiger partial charge in [0.15, 0.2) is 0 Å². The number of amides is 1. The molecule has 1 fully saturated rings. The van der Waals surface area contributed by atoms with Gasteiger partial charge in [-0.25, -0.2) is 0 Å². The van der Waals surface area contributed by atoms with E-state index in [1.807, 2.05) is 0 Å². The summed E-state index contributed by atoms with van der Waals surface area (Å²) in [5, 5.41) is 21.9. The first-order chi connectivity index (χ1) is 9.44. The van der Waals surface area contributed by atoms with E-state index in [4.69, 9.17) is 11.6 Å². The molecule has 0 radical (unpaired) electrons. The zero-order valence-electron chi connectivity index (χ0n) is 10.9. The highest BCUT2D eigenvalue weighted by Gasteiger charge is 2.41. The van der Waals surface area contributed by atoms with E-state index in [0.29, 0.717) is 17.9 Å². The number of carbonyl (C=O) groups is 2. The third kappa shape index (κ3) is 2.88. The van der Waals surface area contributed by atoms with Gasteiger partial charge >= 0.3 is 5.97 Å². The van der Waals surface area contributed by atoms with Crippen molar-refractivity contribution in [2.24, 2.45) is 5.41 Å². The number of aliphatic carboxylic acids is 1. The van der Waals surface area contributed by atoms with Crippen molar-refractivity contribution in [1.29, 1.82) is 0 Å². The van der Waals surface area contributed by atoms with Crippen molar-refractivity contribution < 1.29 is 19.8 Å². The van der Waals surface area contributed by atoms with Crippen LogP contribution in [0.25, 0.3) is 0 Å². The molecular formula is C14H16ClNO4. The van der Waals surface area contributed by atoms with Crippen molar-refractivity contribution in [2.45, 2.75) is 25.7 Å². The summed E-state index contributed by atoms with van der Waals surface area (Å²) in [6.45, 7) is 0.0626. The van der Waals surface area contributed by atoms with Gasteiger partial charge in [-0.3, -0.25) is 9.59 Å². The molecule has 5 nitrogen and oxygen atoms in total. The fourth-order valence-electron chi connectivity index (χ4n) is 2.55. The Morgan fingerprint density at radius 3 is 2.55 bits per heavy atom. The van der Waals surface area contributed by atoms with Crippen molar-refractivity contribution in [2.75, 3.05) is 6.54 Å². The highest BCUT2D eigenvalue weighted by molar-refractivity contribution is 6.31. The molecule has 3 N–H and O–H groups in total. The molecular weight excluding hydrogens is 282 g/mol. The first-order valence-corrected chi connectivity index (χ1v) is 6.82. The number of hydrogen-bond acceptors (Lipinski definition) is 3. The second-order valence-electron chi connectivity index (χ2n) is 5.14. The average Bonchev–Trinajstić information content (AvgIpc) is 2.89. The largest absolute Gasteiger partial charge is 0.507 e. The van der Waals surface area contributed by atoms with Gasteiger partial charge in [-0.1, -0.05) is 24.4 Å². The molecule has 0 spiro atoms. The van der Waals surface area contributed by atoms with Gasteiger partial charge in [0, 0.05) is 11.6 Å². The summed E-state index contributed by atoms with van der Waals surface area (Å²) in [4.78, 5) is 23.4. The summed E-state index contributed by atoms with van der Waals surface area (Å²) in [6, 6.07) is 4.16. The molecule has 1 aliphatic rings. The Bertz CT molecular complexity index is 538. The lowest BCUT2D eigenvalue weighted by atomic mass is 9.86. The second kappa shape index (κ2) is 5.71. The van der Waals surface area contributed by atoms with Crippen molar-refractivity contribution in [3.05, 3.63) is 28.8 Å². The summed E-state index contributed by atoms with van der Waals surface area (Å²) < 4.78 is 0. The van der Waals surface area contributed by atoms with E-state index in [1.165, 1.54) is 18.2 Å². The average molecular weight is 298 g/mol. The first kappa shape index (κ1) is 14.7. The number of halogens is 1. The van der Waals surface area contributed by atoms with Crippen molar-refractivity contribution in [3.63, 3.8) is 0 Å². The van der Waals surface area contributed by atoms with E-state index in [9.17, 15) is 19.8 Å². The number of rotatable bonds is 4. The number of aromatic hydroxyl groups is 1. The van der Waals surface area contributed by atoms with Crippen LogP contribution < -0.4 is 5.32 Å². The molecule has 20 heavy (non-hydrogen) atoms. The highest BCUT2D eigenvalue weighted by Crippen LogP contribution is 2.37. The Morgan fingerprint density at radius 2 is 1.95 bits per heavy atom. The first-order valence-electron chi connectivity index (χ1n) is 6.45. The predicted octanol–water partition coefficient (Wildman–Crippen LogP) is 2.42. The fraction of sp³-hybridized carbons (Fsp3) is 0.429. The lowest BCUT2D eigenvalue weighted by Crippen LogP contribution is -2.41. The van der Waals surface area contributed by atoms with E-state index < -0.39 is 17.3 Å².